The van der Waals surface area contributed by atoms with Crippen molar-refractivity contribution in [2.45, 2.75) is 13.0 Å². The molecule has 1 amide bonds. The molecule has 1 aromatic rings. The zero-order valence-electron chi connectivity index (χ0n) is 13.2. The topological polar surface area (TPSA) is 84.9 Å². The average Bonchev–Trinajstić information content (AvgIpc) is 2.44. The number of rotatable bonds is 8. The summed E-state index contributed by atoms with van der Waals surface area (Å²) < 4.78 is 34.3. The lowest BCUT2D eigenvalue weighted by molar-refractivity contribution is -0.124. The Morgan fingerprint density at radius 1 is 1.32 bits per heavy atom. The van der Waals surface area contributed by atoms with Crippen LogP contribution < -0.4 is 14.4 Å². The van der Waals surface area contributed by atoms with Crippen LogP contribution >= 0.6 is 0 Å². The Bertz CT molecular complexity index is 586. The highest BCUT2D eigenvalue weighted by Crippen LogP contribution is 2.20. The van der Waals surface area contributed by atoms with Crippen LogP contribution in [0, 0.1) is 0 Å². The first-order valence-electron chi connectivity index (χ1n) is 6.69. The van der Waals surface area contributed by atoms with Crippen LogP contribution in [0.4, 0.5) is 5.69 Å². The van der Waals surface area contributed by atoms with Crippen LogP contribution in [0.25, 0.3) is 0 Å². The van der Waals surface area contributed by atoms with E-state index in [2.05, 4.69) is 5.32 Å². The van der Waals surface area contributed by atoms with Crippen molar-refractivity contribution >= 4 is 21.6 Å². The summed E-state index contributed by atoms with van der Waals surface area (Å²) in [6, 6.07) is 6.36. The fourth-order valence-corrected chi connectivity index (χ4v) is 2.21. The van der Waals surface area contributed by atoms with Gasteiger partial charge < -0.3 is 14.8 Å². The highest BCUT2D eigenvalue weighted by Gasteiger charge is 2.12. The Hall–Kier alpha value is -1.80. The summed E-state index contributed by atoms with van der Waals surface area (Å²) in [6.45, 7) is 2.14. The summed E-state index contributed by atoms with van der Waals surface area (Å²) in [5.41, 5.74) is 0.521. The van der Waals surface area contributed by atoms with Gasteiger partial charge in [-0.15, -0.1) is 0 Å². The molecular weight excluding hydrogens is 308 g/mol. The van der Waals surface area contributed by atoms with Gasteiger partial charge in [0.1, 0.15) is 5.75 Å². The third kappa shape index (κ3) is 5.90. The van der Waals surface area contributed by atoms with Gasteiger partial charge >= 0.3 is 0 Å². The fourth-order valence-electron chi connectivity index (χ4n) is 1.70. The molecule has 0 aliphatic heterocycles. The third-order valence-corrected chi connectivity index (χ3v) is 4.10. The van der Waals surface area contributed by atoms with Crippen molar-refractivity contribution in [1.29, 1.82) is 0 Å². The Labute approximate surface area is 131 Å². The van der Waals surface area contributed by atoms with Gasteiger partial charge in [0.05, 0.1) is 18.6 Å². The number of ether oxygens (including phenoxy) is 2. The second kappa shape index (κ2) is 8.00. The molecular formula is C14H22N2O5S. The Morgan fingerprint density at radius 2 is 1.91 bits per heavy atom. The number of hydrogen-bond acceptors (Lipinski definition) is 5. The molecule has 1 N–H and O–H groups in total. The van der Waals surface area contributed by atoms with E-state index in [1.807, 2.05) is 6.92 Å². The van der Waals surface area contributed by atoms with Gasteiger partial charge in [-0.1, -0.05) is 0 Å². The maximum Gasteiger partial charge on any atom is 0.258 e. The SMILES string of the molecule is COC[C@H](C)NC(=O)COc1ccc(N(C)S(C)(=O)=O)cc1. The number of carbonyl (C=O) groups excluding carboxylic acids is 1. The molecule has 0 aliphatic carbocycles. The van der Waals surface area contributed by atoms with E-state index >= 15 is 0 Å². The summed E-state index contributed by atoms with van der Waals surface area (Å²) in [4.78, 5) is 11.6. The predicted octanol–water partition coefficient (Wildman–Crippen LogP) is 0.612. The second-order valence-corrected chi connectivity index (χ2v) is 6.95. The van der Waals surface area contributed by atoms with Gasteiger partial charge in [-0.2, -0.15) is 0 Å². The Kier molecular flexibility index (Phi) is 6.63. The van der Waals surface area contributed by atoms with Gasteiger partial charge in [0.2, 0.25) is 10.0 Å². The highest BCUT2D eigenvalue weighted by molar-refractivity contribution is 7.92. The number of anilines is 1. The van der Waals surface area contributed by atoms with Crippen molar-refractivity contribution in [2.24, 2.45) is 0 Å². The number of nitrogens with one attached hydrogen (secondary N) is 1. The normalized spacial score (nSPS) is 12.5. The standard InChI is InChI=1S/C14H22N2O5S/c1-11(9-20-3)15-14(17)10-21-13-7-5-12(6-8-13)16(2)22(4,18)19/h5-8,11H,9-10H2,1-4H3,(H,15,17)/t11-/m0/s1. The maximum atomic E-state index is 11.6. The molecule has 1 atom stereocenters. The van der Waals surface area contributed by atoms with Crippen LogP contribution in [0.1, 0.15) is 6.92 Å². The monoisotopic (exact) mass is 330 g/mol. The van der Waals surface area contributed by atoms with Crippen LogP contribution in [0.15, 0.2) is 24.3 Å². The molecule has 8 heteroatoms. The first-order valence-corrected chi connectivity index (χ1v) is 8.54. The molecule has 0 aromatic heterocycles. The zero-order valence-corrected chi connectivity index (χ0v) is 14.0. The molecule has 0 bridgehead atoms. The lowest BCUT2D eigenvalue weighted by Crippen LogP contribution is -2.38. The number of sulfonamides is 1. The average molecular weight is 330 g/mol. The van der Waals surface area contributed by atoms with E-state index in [0.29, 0.717) is 18.0 Å². The van der Waals surface area contributed by atoms with E-state index in [9.17, 15) is 13.2 Å². The molecule has 0 fully saturated rings. The van der Waals surface area contributed by atoms with Crippen molar-refractivity contribution < 1.29 is 22.7 Å². The number of amides is 1. The smallest absolute Gasteiger partial charge is 0.258 e. The van der Waals surface area contributed by atoms with Gasteiger partial charge in [0.25, 0.3) is 5.91 Å². The van der Waals surface area contributed by atoms with Crippen molar-refractivity contribution in [2.75, 3.05) is 37.9 Å². The van der Waals surface area contributed by atoms with E-state index in [0.717, 1.165) is 10.6 Å². The van der Waals surface area contributed by atoms with E-state index in [4.69, 9.17) is 9.47 Å². The quantitative estimate of drug-likeness (QED) is 0.755. The van der Waals surface area contributed by atoms with E-state index in [1.54, 1.807) is 31.4 Å². The number of nitrogens with zero attached hydrogens (tertiary/aromatic N) is 1. The molecule has 7 nitrogen and oxygen atoms in total. The maximum absolute atomic E-state index is 11.6. The summed E-state index contributed by atoms with van der Waals surface area (Å²) in [5.74, 6) is 0.238. The molecule has 0 spiro atoms. The molecule has 0 saturated carbocycles. The third-order valence-electron chi connectivity index (χ3n) is 2.89. The second-order valence-electron chi connectivity index (χ2n) is 4.94. The van der Waals surface area contributed by atoms with Gasteiger partial charge in [0, 0.05) is 20.2 Å². The minimum atomic E-state index is -3.30. The zero-order chi connectivity index (χ0) is 16.8. The minimum absolute atomic E-state index is 0.0908. The highest BCUT2D eigenvalue weighted by atomic mass is 32.2. The van der Waals surface area contributed by atoms with Crippen molar-refractivity contribution in [3.05, 3.63) is 24.3 Å². The van der Waals surface area contributed by atoms with Gasteiger partial charge in [-0.05, 0) is 31.2 Å². The fraction of sp³-hybridized carbons (Fsp3) is 0.500. The van der Waals surface area contributed by atoms with Crippen molar-refractivity contribution in [3.8, 4) is 5.75 Å². The summed E-state index contributed by atoms with van der Waals surface area (Å²) >= 11 is 0. The van der Waals surface area contributed by atoms with Gasteiger partial charge in [0.15, 0.2) is 6.61 Å². The van der Waals surface area contributed by atoms with Crippen LogP contribution in [0.3, 0.4) is 0 Å². The Morgan fingerprint density at radius 3 is 2.41 bits per heavy atom. The van der Waals surface area contributed by atoms with Crippen LogP contribution in [-0.4, -0.2) is 54.0 Å². The number of methoxy groups -OCH3 is 1. The molecule has 0 saturated heterocycles. The molecule has 1 rings (SSSR count). The first-order chi connectivity index (χ1) is 10.2. The van der Waals surface area contributed by atoms with Crippen LogP contribution in [-0.2, 0) is 19.6 Å². The summed E-state index contributed by atoms with van der Waals surface area (Å²) in [6.07, 6.45) is 1.13. The Balaban J connectivity index is 2.53. The number of carbonyl (C=O) groups is 1. The molecule has 0 aliphatic rings. The summed E-state index contributed by atoms with van der Waals surface area (Å²) in [7, 11) is -0.265. The number of hydrogen-bond donors (Lipinski definition) is 1. The van der Waals surface area contributed by atoms with Gasteiger partial charge in [-0.25, -0.2) is 8.42 Å². The lowest BCUT2D eigenvalue weighted by atomic mass is 10.3. The van der Waals surface area contributed by atoms with E-state index in [-0.39, 0.29) is 18.6 Å². The lowest BCUT2D eigenvalue weighted by Gasteiger charge is -2.17. The van der Waals surface area contributed by atoms with Gasteiger partial charge in [-0.3, -0.25) is 9.10 Å². The largest absolute Gasteiger partial charge is 0.484 e. The van der Waals surface area contributed by atoms with E-state index in [1.165, 1.54) is 7.05 Å². The van der Waals surface area contributed by atoms with Crippen LogP contribution in [0.5, 0.6) is 5.75 Å². The van der Waals surface area contributed by atoms with Crippen LogP contribution in [0.2, 0.25) is 0 Å². The minimum Gasteiger partial charge on any atom is -0.484 e. The number of benzene rings is 1. The molecule has 1 aromatic carbocycles. The first kappa shape index (κ1) is 18.2. The van der Waals surface area contributed by atoms with E-state index < -0.39 is 10.0 Å². The molecule has 0 unspecified atom stereocenters. The van der Waals surface area contributed by atoms with Crippen molar-refractivity contribution in [1.82, 2.24) is 5.32 Å². The predicted molar refractivity (Wildman–Crippen MR) is 84.7 cm³/mol. The summed E-state index contributed by atoms with van der Waals surface area (Å²) in [5, 5.41) is 2.72. The molecule has 0 heterocycles. The molecule has 0 radical (unpaired) electrons. The van der Waals surface area contributed by atoms with Crippen molar-refractivity contribution in [3.63, 3.8) is 0 Å². The molecule has 124 valence electrons. The molecule has 22 heavy (non-hydrogen) atoms.